The summed E-state index contributed by atoms with van der Waals surface area (Å²) in [6.45, 7) is 9.06. The zero-order valence-electron chi connectivity index (χ0n) is 20.6. The molecule has 6 nitrogen and oxygen atoms in total. The van der Waals surface area contributed by atoms with E-state index in [9.17, 15) is 13.2 Å². The van der Waals surface area contributed by atoms with Crippen LogP contribution in [0, 0.1) is 20.8 Å². The van der Waals surface area contributed by atoms with Gasteiger partial charge >= 0.3 is 0 Å². The summed E-state index contributed by atoms with van der Waals surface area (Å²) in [6.07, 6.45) is 0. The topological polar surface area (TPSA) is 60.9 Å². The number of nitrogens with zero attached hydrogens (tertiary/aromatic N) is 3. The monoisotopic (exact) mass is 491 g/mol. The highest BCUT2D eigenvalue weighted by molar-refractivity contribution is 7.92. The van der Waals surface area contributed by atoms with Crippen LogP contribution in [0.25, 0.3) is 0 Å². The van der Waals surface area contributed by atoms with Gasteiger partial charge in [0.15, 0.2) is 0 Å². The summed E-state index contributed by atoms with van der Waals surface area (Å²) in [7, 11) is -3.92. The van der Waals surface area contributed by atoms with E-state index in [1.54, 1.807) is 35.2 Å². The fraction of sp³-hybridized carbons (Fsp3) is 0.321. The van der Waals surface area contributed by atoms with Crippen molar-refractivity contribution in [2.45, 2.75) is 32.2 Å². The molecule has 0 bridgehead atoms. The van der Waals surface area contributed by atoms with Crippen molar-refractivity contribution in [1.29, 1.82) is 0 Å². The van der Waals surface area contributed by atoms with Crippen LogP contribution in [0.1, 0.15) is 22.3 Å². The molecular formula is C28H33N3O3S. The molecule has 3 aromatic carbocycles. The minimum atomic E-state index is -3.92. The number of carbonyl (C=O) groups is 1. The SMILES string of the molecule is Cc1ccc(S(=O)(=O)N(CC(=O)N2CCN(Cc3ccccc3)CC2)c2cccc(C)c2C)cc1. The number of rotatable bonds is 7. The van der Waals surface area contributed by atoms with E-state index in [-0.39, 0.29) is 17.3 Å². The van der Waals surface area contributed by atoms with Crippen molar-refractivity contribution >= 4 is 21.6 Å². The average Bonchev–Trinajstić information content (AvgIpc) is 2.85. The van der Waals surface area contributed by atoms with Crippen molar-refractivity contribution in [3.63, 3.8) is 0 Å². The van der Waals surface area contributed by atoms with Gasteiger partial charge < -0.3 is 4.90 Å². The molecular weight excluding hydrogens is 458 g/mol. The van der Waals surface area contributed by atoms with Gasteiger partial charge in [0, 0.05) is 32.7 Å². The smallest absolute Gasteiger partial charge is 0.264 e. The van der Waals surface area contributed by atoms with Crippen molar-refractivity contribution < 1.29 is 13.2 Å². The third-order valence-corrected chi connectivity index (χ3v) is 8.48. The van der Waals surface area contributed by atoms with Gasteiger partial charge in [-0.1, -0.05) is 60.2 Å². The van der Waals surface area contributed by atoms with Crippen LogP contribution in [0.15, 0.2) is 77.7 Å². The minimum Gasteiger partial charge on any atom is -0.339 e. The lowest BCUT2D eigenvalue weighted by Gasteiger charge is -2.36. The largest absolute Gasteiger partial charge is 0.339 e. The molecule has 1 aliphatic rings. The van der Waals surface area contributed by atoms with Crippen molar-refractivity contribution in [2.24, 2.45) is 0 Å². The molecule has 7 heteroatoms. The first-order chi connectivity index (χ1) is 16.8. The Kier molecular flexibility index (Phi) is 7.57. The number of benzene rings is 3. The molecule has 1 fully saturated rings. The van der Waals surface area contributed by atoms with E-state index >= 15 is 0 Å². The molecule has 184 valence electrons. The first-order valence-corrected chi connectivity index (χ1v) is 13.4. The van der Waals surface area contributed by atoms with E-state index in [4.69, 9.17) is 0 Å². The normalized spacial score (nSPS) is 14.7. The maximum absolute atomic E-state index is 13.7. The molecule has 0 spiro atoms. The Bertz CT molecular complexity index is 1270. The maximum atomic E-state index is 13.7. The third kappa shape index (κ3) is 5.74. The second kappa shape index (κ2) is 10.6. The van der Waals surface area contributed by atoms with Gasteiger partial charge in [0.2, 0.25) is 5.91 Å². The van der Waals surface area contributed by atoms with E-state index in [1.807, 2.05) is 51.1 Å². The zero-order chi connectivity index (χ0) is 25.0. The molecule has 0 unspecified atom stereocenters. The van der Waals surface area contributed by atoms with Gasteiger partial charge in [-0.3, -0.25) is 14.0 Å². The highest BCUT2D eigenvalue weighted by atomic mass is 32.2. The number of aryl methyl sites for hydroxylation is 2. The predicted molar refractivity (Wildman–Crippen MR) is 140 cm³/mol. The van der Waals surface area contributed by atoms with E-state index in [0.29, 0.717) is 18.8 Å². The van der Waals surface area contributed by atoms with Crippen LogP contribution in [0.3, 0.4) is 0 Å². The molecule has 0 N–H and O–H groups in total. The molecule has 3 aromatic rings. The van der Waals surface area contributed by atoms with E-state index in [1.165, 1.54) is 9.87 Å². The lowest BCUT2D eigenvalue weighted by molar-refractivity contribution is -0.131. The van der Waals surface area contributed by atoms with Gasteiger partial charge in [-0.25, -0.2) is 8.42 Å². The van der Waals surface area contributed by atoms with E-state index in [2.05, 4.69) is 17.0 Å². The molecule has 1 amide bonds. The first kappa shape index (κ1) is 24.9. The minimum absolute atomic E-state index is 0.180. The number of hydrogen-bond acceptors (Lipinski definition) is 4. The number of sulfonamides is 1. The van der Waals surface area contributed by atoms with E-state index < -0.39 is 10.0 Å². The van der Waals surface area contributed by atoms with Crippen LogP contribution in [-0.2, 0) is 21.4 Å². The number of piperazine rings is 1. The van der Waals surface area contributed by atoms with Crippen LogP contribution in [0.2, 0.25) is 0 Å². The molecule has 1 heterocycles. The zero-order valence-corrected chi connectivity index (χ0v) is 21.5. The van der Waals surface area contributed by atoms with Gasteiger partial charge in [0.1, 0.15) is 6.54 Å². The van der Waals surface area contributed by atoms with Crippen LogP contribution in [0.5, 0.6) is 0 Å². The Morgan fingerprint density at radius 1 is 0.829 bits per heavy atom. The lowest BCUT2D eigenvalue weighted by atomic mass is 10.1. The van der Waals surface area contributed by atoms with Gasteiger partial charge in [-0.15, -0.1) is 0 Å². The molecule has 0 aliphatic carbocycles. The molecule has 4 rings (SSSR count). The summed E-state index contributed by atoms with van der Waals surface area (Å²) < 4.78 is 28.7. The van der Waals surface area contributed by atoms with Crippen molar-refractivity contribution in [2.75, 3.05) is 37.0 Å². The molecule has 35 heavy (non-hydrogen) atoms. The quantitative estimate of drug-likeness (QED) is 0.498. The summed E-state index contributed by atoms with van der Waals surface area (Å²) in [5.41, 5.74) is 4.60. The molecule has 0 aromatic heterocycles. The fourth-order valence-electron chi connectivity index (χ4n) is 4.36. The molecule has 1 saturated heterocycles. The Balaban J connectivity index is 1.53. The third-order valence-electron chi connectivity index (χ3n) is 6.71. The summed E-state index contributed by atoms with van der Waals surface area (Å²) >= 11 is 0. The van der Waals surface area contributed by atoms with Crippen LogP contribution < -0.4 is 4.31 Å². The van der Waals surface area contributed by atoms with Crippen molar-refractivity contribution in [3.05, 3.63) is 95.1 Å². The van der Waals surface area contributed by atoms with Crippen LogP contribution in [0.4, 0.5) is 5.69 Å². The average molecular weight is 492 g/mol. The second-order valence-electron chi connectivity index (χ2n) is 9.19. The standard InChI is InChI=1S/C28H33N3O3S/c1-22-12-14-26(15-13-22)35(33,34)31(27-11-7-8-23(2)24(27)3)21-28(32)30-18-16-29(17-19-30)20-25-9-5-4-6-10-25/h4-15H,16-21H2,1-3H3. The number of carbonyl (C=O) groups excluding carboxylic acids is 1. The lowest BCUT2D eigenvalue weighted by Crippen LogP contribution is -2.51. The second-order valence-corrected chi connectivity index (χ2v) is 11.0. The molecule has 1 aliphatic heterocycles. The molecule has 0 saturated carbocycles. The van der Waals surface area contributed by atoms with Gasteiger partial charge in [-0.05, 0) is 55.7 Å². The Labute approximate surface area is 208 Å². The Morgan fingerprint density at radius 3 is 2.14 bits per heavy atom. The first-order valence-electron chi connectivity index (χ1n) is 12.0. The summed E-state index contributed by atoms with van der Waals surface area (Å²) in [5.74, 6) is -0.180. The number of hydrogen-bond donors (Lipinski definition) is 0. The highest BCUT2D eigenvalue weighted by Gasteiger charge is 2.31. The number of amides is 1. The highest BCUT2D eigenvalue weighted by Crippen LogP contribution is 2.29. The van der Waals surface area contributed by atoms with Gasteiger partial charge in [0.05, 0.1) is 10.6 Å². The van der Waals surface area contributed by atoms with Crippen molar-refractivity contribution in [1.82, 2.24) is 9.80 Å². The van der Waals surface area contributed by atoms with Gasteiger partial charge in [0.25, 0.3) is 10.0 Å². The summed E-state index contributed by atoms with van der Waals surface area (Å²) in [5, 5.41) is 0. The van der Waals surface area contributed by atoms with Crippen molar-refractivity contribution in [3.8, 4) is 0 Å². The van der Waals surface area contributed by atoms with Crippen LogP contribution in [-0.4, -0.2) is 56.8 Å². The Hall–Kier alpha value is -3.16. The summed E-state index contributed by atoms with van der Waals surface area (Å²) in [4.78, 5) is 17.7. The van der Waals surface area contributed by atoms with E-state index in [0.717, 1.165) is 36.3 Å². The molecule has 0 atom stereocenters. The fourth-order valence-corrected chi connectivity index (χ4v) is 5.83. The maximum Gasteiger partial charge on any atom is 0.264 e. The number of anilines is 1. The van der Waals surface area contributed by atoms with Gasteiger partial charge in [-0.2, -0.15) is 0 Å². The Morgan fingerprint density at radius 2 is 1.49 bits per heavy atom. The molecule has 0 radical (unpaired) electrons. The van der Waals surface area contributed by atoms with Crippen LogP contribution >= 0.6 is 0 Å². The summed E-state index contributed by atoms with van der Waals surface area (Å²) in [6, 6.07) is 22.6. The predicted octanol–water partition coefficient (Wildman–Crippen LogP) is 4.15.